The van der Waals surface area contributed by atoms with Gasteiger partial charge >= 0.3 is 0 Å². The molecule has 278 valence electrons. The first-order valence-electron chi connectivity index (χ1n) is 20.6. The van der Waals surface area contributed by atoms with Gasteiger partial charge in [-0.2, -0.15) is 0 Å². The van der Waals surface area contributed by atoms with E-state index in [0.29, 0.717) is 0 Å². The quantitative estimate of drug-likeness (QED) is 0.164. The Bertz CT molecular complexity index is 3660. The van der Waals surface area contributed by atoms with Crippen LogP contribution in [0.25, 0.3) is 121 Å². The van der Waals surface area contributed by atoms with E-state index in [1.165, 1.54) is 81.3 Å². The lowest BCUT2D eigenvalue weighted by Gasteiger charge is -2.18. The molecule has 0 bridgehead atoms. The average molecular weight is 762 g/mol. The van der Waals surface area contributed by atoms with Crippen LogP contribution in [0.15, 0.2) is 212 Å². The summed E-state index contributed by atoms with van der Waals surface area (Å²) in [4.78, 5) is 5.51. The van der Waals surface area contributed by atoms with Gasteiger partial charge < -0.3 is 9.13 Å². The molecule has 60 heavy (non-hydrogen) atoms. The largest absolute Gasteiger partial charge is 0.309 e. The summed E-state index contributed by atoms with van der Waals surface area (Å²) < 4.78 is 4.87. The molecule has 13 aromatic rings. The van der Waals surface area contributed by atoms with Crippen LogP contribution < -0.4 is 0 Å². The molecule has 0 saturated heterocycles. The Kier molecular flexibility index (Phi) is 7.01. The minimum atomic E-state index is 0.993. The van der Waals surface area contributed by atoms with Crippen molar-refractivity contribution in [3.63, 3.8) is 0 Å². The third-order valence-corrected chi connectivity index (χ3v) is 12.6. The summed E-state index contributed by atoms with van der Waals surface area (Å²) in [6.45, 7) is 0. The van der Waals surface area contributed by atoms with E-state index in [1.54, 1.807) is 0 Å². The van der Waals surface area contributed by atoms with Gasteiger partial charge in [-0.15, -0.1) is 0 Å². The maximum Gasteiger partial charge on any atom is 0.0794 e. The molecule has 0 atom stereocenters. The molecule has 0 fully saturated rings. The third kappa shape index (κ3) is 4.75. The molecule has 0 saturated carbocycles. The van der Waals surface area contributed by atoms with Gasteiger partial charge in [-0.3, -0.25) is 0 Å². The minimum Gasteiger partial charge on any atom is -0.309 e. The van der Waals surface area contributed by atoms with Crippen LogP contribution >= 0.6 is 0 Å². The van der Waals surface area contributed by atoms with E-state index in [0.717, 1.165) is 39.3 Å². The van der Waals surface area contributed by atoms with Gasteiger partial charge in [0, 0.05) is 54.6 Å². The molecule has 13 rings (SSSR count). The van der Waals surface area contributed by atoms with Crippen LogP contribution in [-0.2, 0) is 0 Å². The van der Waals surface area contributed by atoms with Gasteiger partial charge in [0.1, 0.15) is 0 Å². The van der Waals surface area contributed by atoms with Gasteiger partial charge in [0.2, 0.25) is 0 Å². The molecule has 0 amide bonds. The van der Waals surface area contributed by atoms with Crippen molar-refractivity contribution in [1.82, 2.24) is 14.1 Å². The smallest absolute Gasteiger partial charge is 0.0794 e. The molecule has 0 unspecified atom stereocenters. The first-order chi connectivity index (χ1) is 29.8. The predicted octanol–water partition coefficient (Wildman–Crippen LogP) is 15.2. The maximum absolute atomic E-state index is 5.51. The highest BCUT2D eigenvalue weighted by atomic mass is 15.0. The number of rotatable bonds is 4. The van der Waals surface area contributed by atoms with Gasteiger partial charge in [-0.05, 0) is 87.3 Å². The molecule has 0 spiro atoms. The van der Waals surface area contributed by atoms with E-state index in [2.05, 4.69) is 221 Å². The predicted molar refractivity (Wildman–Crippen MR) is 254 cm³/mol. The Morgan fingerprint density at radius 2 is 0.667 bits per heavy atom. The number of hydrogen-bond acceptors (Lipinski definition) is 1. The molecule has 0 aliphatic rings. The summed E-state index contributed by atoms with van der Waals surface area (Å²) in [6.07, 6.45) is 0. The van der Waals surface area contributed by atoms with Crippen LogP contribution in [-0.4, -0.2) is 14.1 Å². The average Bonchev–Trinajstić information content (AvgIpc) is 3.84. The molecular formula is C57H35N3. The van der Waals surface area contributed by atoms with Crippen molar-refractivity contribution in [3.8, 4) is 33.8 Å². The highest BCUT2D eigenvalue weighted by Crippen LogP contribution is 2.44. The number of fused-ring (bicyclic) bond motifs is 14. The van der Waals surface area contributed by atoms with E-state index in [9.17, 15) is 0 Å². The SMILES string of the molecule is c1cc(-c2cc(-n3c4ccccc4c4ccccc43)cc(-n3c4ccccc4c4ccccc43)c2)cc(-c2nc3ccccc3c3c4ccccc4c4ccccc4c23)c1. The number of pyridine rings is 1. The highest BCUT2D eigenvalue weighted by molar-refractivity contribution is 6.33. The van der Waals surface area contributed by atoms with Crippen LogP contribution in [0.3, 0.4) is 0 Å². The highest BCUT2D eigenvalue weighted by Gasteiger charge is 2.20. The molecule has 0 aliphatic heterocycles. The second-order valence-corrected chi connectivity index (χ2v) is 15.9. The zero-order valence-electron chi connectivity index (χ0n) is 32.5. The third-order valence-electron chi connectivity index (χ3n) is 12.6. The second-order valence-electron chi connectivity index (χ2n) is 15.9. The number of benzene rings is 10. The van der Waals surface area contributed by atoms with Crippen molar-refractivity contribution in [1.29, 1.82) is 0 Å². The topological polar surface area (TPSA) is 22.8 Å². The van der Waals surface area contributed by atoms with Crippen molar-refractivity contribution in [2.45, 2.75) is 0 Å². The fourth-order valence-corrected chi connectivity index (χ4v) is 10.1. The van der Waals surface area contributed by atoms with E-state index in [1.807, 2.05) is 0 Å². The molecule has 0 N–H and O–H groups in total. The molecular weight excluding hydrogens is 727 g/mol. The van der Waals surface area contributed by atoms with Crippen molar-refractivity contribution in [2.24, 2.45) is 0 Å². The second kappa shape index (κ2) is 12.7. The van der Waals surface area contributed by atoms with Gasteiger partial charge in [-0.1, -0.05) is 158 Å². The Morgan fingerprint density at radius 1 is 0.267 bits per heavy atom. The molecule has 3 heteroatoms. The van der Waals surface area contributed by atoms with E-state index < -0.39 is 0 Å². The molecule has 0 radical (unpaired) electrons. The van der Waals surface area contributed by atoms with Gasteiger partial charge in [0.25, 0.3) is 0 Å². The fourth-order valence-electron chi connectivity index (χ4n) is 10.1. The fraction of sp³-hybridized carbons (Fsp3) is 0. The Morgan fingerprint density at radius 3 is 1.18 bits per heavy atom. The zero-order chi connectivity index (χ0) is 39.3. The van der Waals surface area contributed by atoms with Crippen molar-refractivity contribution >= 4 is 86.8 Å². The lowest BCUT2D eigenvalue weighted by Crippen LogP contribution is -2.00. The van der Waals surface area contributed by atoms with E-state index in [4.69, 9.17) is 4.98 Å². The first kappa shape index (κ1) is 33.0. The summed E-state index contributed by atoms with van der Waals surface area (Å²) in [5.41, 5.74) is 12.3. The van der Waals surface area contributed by atoms with Crippen molar-refractivity contribution in [2.75, 3.05) is 0 Å². The normalized spacial score (nSPS) is 12.0. The first-order valence-corrected chi connectivity index (χ1v) is 20.6. The zero-order valence-corrected chi connectivity index (χ0v) is 32.5. The van der Waals surface area contributed by atoms with Crippen LogP contribution in [0.4, 0.5) is 0 Å². The van der Waals surface area contributed by atoms with Crippen LogP contribution in [0.5, 0.6) is 0 Å². The summed E-state index contributed by atoms with van der Waals surface area (Å²) in [6, 6.07) is 77.5. The molecule has 10 aromatic carbocycles. The molecule has 3 aromatic heterocycles. The summed E-state index contributed by atoms with van der Waals surface area (Å²) in [5.74, 6) is 0. The monoisotopic (exact) mass is 761 g/mol. The number of nitrogens with zero attached hydrogens (tertiary/aromatic N) is 3. The van der Waals surface area contributed by atoms with Crippen LogP contribution in [0.1, 0.15) is 0 Å². The lowest BCUT2D eigenvalue weighted by atomic mass is 9.89. The van der Waals surface area contributed by atoms with E-state index >= 15 is 0 Å². The number of hydrogen-bond donors (Lipinski definition) is 0. The standard InChI is InChI=1S/C57H35N3/c1-3-24-47-41(18-1)42-19-2-4-25-48(42)56-55(47)49-26-5-10-27-50(49)58-57(56)37-17-15-16-36(32-37)38-33-39(59-51-28-11-6-20-43(51)44-21-7-12-29-52(44)59)35-40(34-38)60-53-30-13-8-22-45(53)46-23-9-14-31-54(46)60/h1-35H. The molecule has 3 heterocycles. The number of aromatic nitrogens is 3. The van der Waals surface area contributed by atoms with Crippen molar-refractivity contribution < 1.29 is 0 Å². The lowest BCUT2D eigenvalue weighted by molar-refractivity contribution is 1.13. The van der Waals surface area contributed by atoms with Crippen molar-refractivity contribution in [3.05, 3.63) is 212 Å². The van der Waals surface area contributed by atoms with E-state index in [-0.39, 0.29) is 0 Å². The molecule has 0 aliphatic carbocycles. The summed E-state index contributed by atoms with van der Waals surface area (Å²) >= 11 is 0. The Hall–Kier alpha value is -8.01. The van der Waals surface area contributed by atoms with Crippen LogP contribution in [0.2, 0.25) is 0 Å². The minimum absolute atomic E-state index is 0.993. The Balaban J connectivity index is 1.12. The number of para-hydroxylation sites is 5. The van der Waals surface area contributed by atoms with Crippen LogP contribution in [0, 0.1) is 0 Å². The van der Waals surface area contributed by atoms with Gasteiger partial charge in [-0.25, -0.2) is 4.98 Å². The summed E-state index contributed by atoms with van der Waals surface area (Å²) in [5, 5.41) is 13.5. The molecule has 3 nitrogen and oxygen atoms in total. The Labute approximate surface area is 345 Å². The summed E-state index contributed by atoms with van der Waals surface area (Å²) in [7, 11) is 0. The maximum atomic E-state index is 5.51. The van der Waals surface area contributed by atoms with Gasteiger partial charge in [0.15, 0.2) is 0 Å². The van der Waals surface area contributed by atoms with Gasteiger partial charge in [0.05, 0.1) is 33.3 Å².